The first-order chi connectivity index (χ1) is 14.0. The van der Waals surface area contributed by atoms with Crippen LogP contribution in [0, 0.1) is 0 Å². The Hall–Kier alpha value is -0.920. The predicted molar refractivity (Wildman–Crippen MR) is 132 cm³/mol. The monoisotopic (exact) mass is 700 g/mol. The standard InChI is InChI=1S/C18H12Br4N2O4S2/c19-13-6-2-8-15(17(13)21)29(25,26)23-11-4-1-5-12(10-11)24-30(27,28)16-9-3-7-14(20)18(16)22/h1-10,23-24H. The topological polar surface area (TPSA) is 92.3 Å². The van der Waals surface area contributed by atoms with Gasteiger partial charge in [0.1, 0.15) is 9.79 Å². The Labute approximate surface area is 208 Å². The Morgan fingerprint density at radius 1 is 0.567 bits per heavy atom. The molecule has 6 nitrogen and oxygen atoms in total. The normalized spacial score (nSPS) is 11.9. The maximum absolute atomic E-state index is 12.8. The number of sulfonamides is 2. The summed E-state index contributed by atoms with van der Waals surface area (Å²) in [5.41, 5.74) is 0.408. The molecule has 0 saturated heterocycles. The fourth-order valence-electron chi connectivity index (χ4n) is 2.45. The molecule has 3 aromatic rings. The summed E-state index contributed by atoms with van der Waals surface area (Å²) in [5.74, 6) is 0. The minimum absolute atomic E-state index is 0.0425. The molecule has 158 valence electrons. The molecule has 0 aliphatic carbocycles. The molecule has 0 unspecified atom stereocenters. The number of hydrogen-bond donors (Lipinski definition) is 2. The van der Waals surface area contributed by atoms with Crippen molar-refractivity contribution in [3.05, 3.63) is 78.6 Å². The molecular formula is C18H12Br4N2O4S2. The zero-order valence-electron chi connectivity index (χ0n) is 14.7. The lowest BCUT2D eigenvalue weighted by Gasteiger charge is -2.13. The molecule has 3 aromatic carbocycles. The highest BCUT2D eigenvalue weighted by Crippen LogP contribution is 2.33. The van der Waals surface area contributed by atoms with E-state index in [2.05, 4.69) is 73.2 Å². The van der Waals surface area contributed by atoms with Crippen LogP contribution in [0.5, 0.6) is 0 Å². The number of rotatable bonds is 6. The van der Waals surface area contributed by atoms with E-state index in [-0.39, 0.29) is 21.2 Å². The van der Waals surface area contributed by atoms with Gasteiger partial charge in [-0.05, 0) is 106 Å². The van der Waals surface area contributed by atoms with Gasteiger partial charge < -0.3 is 0 Å². The van der Waals surface area contributed by atoms with Gasteiger partial charge in [-0.25, -0.2) is 16.8 Å². The van der Waals surface area contributed by atoms with Crippen molar-refractivity contribution in [1.29, 1.82) is 0 Å². The van der Waals surface area contributed by atoms with Crippen molar-refractivity contribution in [2.24, 2.45) is 0 Å². The molecule has 0 amide bonds. The minimum Gasteiger partial charge on any atom is -0.280 e. The van der Waals surface area contributed by atoms with Crippen molar-refractivity contribution in [1.82, 2.24) is 0 Å². The first kappa shape index (κ1) is 23.7. The first-order valence-electron chi connectivity index (χ1n) is 8.05. The Morgan fingerprint density at radius 2 is 0.933 bits per heavy atom. The van der Waals surface area contributed by atoms with Crippen LogP contribution in [0.3, 0.4) is 0 Å². The largest absolute Gasteiger partial charge is 0.280 e. The highest BCUT2D eigenvalue weighted by Gasteiger charge is 2.21. The van der Waals surface area contributed by atoms with Gasteiger partial charge in [0.15, 0.2) is 0 Å². The highest BCUT2D eigenvalue weighted by molar-refractivity contribution is 9.13. The fraction of sp³-hybridized carbons (Fsp3) is 0. The van der Waals surface area contributed by atoms with Gasteiger partial charge in [-0.3, -0.25) is 9.44 Å². The average Bonchev–Trinajstić information content (AvgIpc) is 2.65. The molecule has 0 aromatic heterocycles. The van der Waals surface area contributed by atoms with Gasteiger partial charge in [0.05, 0.1) is 20.3 Å². The number of benzene rings is 3. The lowest BCUT2D eigenvalue weighted by Crippen LogP contribution is -2.15. The summed E-state index contributed by atoms with van der Waals surface area (Å²) in [4.78, 5) is 0.0850. The zero-order valence-corrected chi connectivity index (χ0v) is 22.7. The molecule has 0 aliphatic heterocycles. The van der Waals surface area contributed by atoms with E-state index < -0.39 is 20.0 Å². The third kappa shape index (κ3) is 5.28. The van der Waals surface area contributed by atoms with Gasteiger partial charge in [-0.1, -0.05) is 18.2 Å². The quantitative estimate of drug-likeness (QED) is 0.314. The van der Waals surface area contributed by atoms with Crippen LogP contribution < -0.4 is 9.44 Å². The third-order valence-electron chi connectivity index (χ3n) is 3.78. The smallest absolute Gasteiger partial charge is 0.263 e. The molecule has 0 spiro atoms. The number of anilines is 2. The third-order valence-corrected chi connectivity index (χ3v) is 11.2. The summed E-state index contributed by atoms with van der Waals surface area (Å²) < 4.78 is 57.9. The van der Waals surface area contributed by atoms with Crippen molar-refractivity contribution >= 4 is 95.1 Å². The van der Waals surface area contributed by atoms with Crippen LogP contribution in [0.15, 0.2) is 88.3 Å². The Balaban J connectivity index is 1.90. The molecule has 0 fully saturated rings. The number of nitrogens with one attached hydrogen (secondary N) is 2. The lowest BCUT2D eigenvalue weighted by molar-refractivity contribution is 0.599. The van der Waals surface area contributed by atoms with E-state index in [4.69, 9.17) is 0 Å². The van der Waals surface area contributed by atoms with E-state index >= 15 is 0 Å². The number of halogens is 4. The maximum atomic E-state index is 12.8. The second kappa shape index (κ2) is 9.29. The molecular weight excluding hydrogens is 692 g/mol. The molecule has 0 bridgehead atoms. The van der Waals surface area contributed by atoms with E-state index in [1.54, 1.807) is 30.3 Å². The number of hydrogen-bond acceptors (Lipinski definition) is 4. The summed E-state index contributed by atoms with van der Waals surface area (Å²) in [5, 5.41) is 0. The summed E-state index contributed by atoms with van der Waals surface area (Å²) >= 11 is 13.1. The summed E-state index contributed by atoms with van der Waals surface area (Å²) in [6.07, 6.45) is 0. The van der Waals surface area contributed by atoms with Gasteiger partial charge in [0, 0.05) is 8.95 Å². The summed E-state index contributed by atoms with van der Waals surface area (Å²) in [6, 6.07) is 15.5. The van der Waals surface area contributed by atoms with Crippen molar-refractivity contribution in [2.45, 2.75) is 9.79 Å². The molecule has 2 N–H and O–H groups in total. The Morgan fingerprint density at radius 3 is 1.33 bits per heavy atom. The van der Waals surface area contributed by atoms with Crippen molar-refractivity contribution in [2.75, 3.05) is 9.44 Å². The van der Waals surface area contributed by atoms with Crippen LogP contribution in [-0.4, -0.2) is 16.8 Å². The average molecular weight is 704 g/mol. The van der Waals surface area contributed by atoms with Crippen LogP contribution in [0.25, 0.3) is 0 Å². The Kier molecular flexibility index (Phi) is 7.35. The SMILES string of the molecule is O=S(=O)(Nc1cccc(NS(=O)(=O)c2cccc(Br)c2Br)c1)c1cccc(Br)c1Br. The van der Waals surface area contributed by atoms with E-state index in [1.807, 2.05) is 0 Å². The molecule has 0 atom stereocenters. The molecule has 0 aliphatic rings. The first-order valence-corrected chi connectivity index (χ1v) is 14.2. The van der Waals surface area contributed by atoms with Crippen LogP contribution in [0.4, 0.5) is 11.4 Å². The van der Waals surface area contributed by atoms with Crippen LogP contribution in [-0.2, 0) is 20.0 Å². The van der Waals surface area contributed by atoms with Crippen LogP contribution in [0.1, 0.15) is 0 Å². The minimum atomic E-state index is -3.91. The highest BCUT2D eigenvalue weighted by atomic mass is 79.9. The fourth-order valence-corrected chi connectivity index (χ4v) is 7.55. The molecule has 0 heterocycles. The van der Waals surface area contributed by atoms with Crippen molar-refractivity contribution in [3.63, 3.8) is 0 Å². The molecule has 30 heavy (non-hydrogen) atoms. The van der Waals surface area contributed by atoms with Gasteiger partial charge >= 0.3 is 0 Å². The maximum Gasteiger partial charge on any atom is 0.263 e. The van der Waals surface area contributed by atoms with Crippen molar-refractivity contribution in [3.8, 4) is 0 Å². The zero-order chi connectivity index (χ0) is 22.1. The van der Waals surface area contributed by atoms with Gasteiger partial charge in [-0.15, -0.1) is 0 Å². The second-order valence-electron chi connectivity index (χ2n) is 5.90. The van der Waals surface area contributed by atoms with Gasteiger partial charge in [0.2, 0.25) is 0 Å². The molecule has 12 heteroatoms. The van der Waals surface area contributed by atoms with Gasteiger partial charge in [-0.2, -0.15) is 0 Å². The van der Waals surface area contributed by atoms with Crippen LogP contribution >= 0.6 is 63.7 Å². The van der Waals surface area contributed by atoms with Crippen molar-refractivity contribution < 1.29 is 16.8 Å². The molecule has 3 rings (SSSR count). The van der Waals surface area contributed by atoms with Gasteiger partial charge in [0.25, 0.3) is 20.0 Å². The Bertz CT molecular complexity index is 1230. The van der Waals surface area contributed by atoms with E-state index in [9.17, 15) is 16.8 Å². The van der Waals surface area contributed by atoms with E-state index in [1.165, 1.54) is 30.3 Å². The lowest BCUT2D eigenvalue weighted by atomic mass is 10.3. The summed E-state index contributed by atoms with van der Waals surface area (Å²) in [6.45, 7) is 0. The predicted octanol–water partition coefficient (Wildman–Crippen LogP) is 6.34. The van der Waals surface area contributed by atoms with E-state index in [0.29, 0.717) is 17.9 Å². The summed E-state index contributed by atoms with van der Waals surface area (Å²) in [7, 11) is -7.82. The van der Waals surface area contributed by atoms with E-state index in [0.717, 1.165) is 0 Å². The molecule has 0 radical (unpaired) electrons. The van der Waals surface area contributed by atoms with Crippen LogP contribution in [0.2, 0.25) is 0 Å². The second-order valence-corrected chi connectivity index (χ2v) is 12.5. The molecule has 0 saturated carbocycles.